The largest absolute Gasteiger partial charge is 0.480 e. The van der Waals surface area contributed by atoms with Gasteiger partial charge >= 0.3 is 5.97 Å². The fourth-order valence-electron chi connectivity index (χ4n) is 3.43. The number of ether oxygens (including phenoxy) is 1. The maximum absolute atomic E-state index is 12.7. The van der Waals surface area contributed by atoms with Crippen molar-refractivity contribution in [3.8, 4) is 0 Å². The molecule has 1 atom stereocenters. The van der Waals surface area contributed by atoms with Crippen molar-refractivity contribution in [2.24, 2.45) is 11.3 Å². The molecular formula is C17H21NO4. The Labute approximate surface area is 129 Å². The van der Waals surface area contributed by atoms with Gasteiger partial charge < -0.3 is 14.7 Å². The van der Waals surface area contributed by atoms with Gasteiger partial charge in [0.2, 0.25) is 5.91 Å². The number of benzene rings is 1. The van der Waals surface area contributed by atoms with E-state index in [0.717, 1.165) is 24.8 Å². The van der Waals surface area contributed by atoms with E-state index in [9.17, 15) is 9.59 Å². The lowest BCUT2D eigenvalue weighted by Crippen LogP contribution is -2.38. The monoisotopic (exact) mass is 303 g/mol. The predicted molar refractivity (Wildman–Crippen MR) is 80.1 cm³/mol. The Morgan fingerprint density at radius 3 is 2.55 bits per heavy atom. The molecule has 1 spiro atoms. The second-order valence-electron chi connectivity index (χ2n) is 6.31. The Bertz CT molecular complexity index is 551. The van der Waals surface area contributed by atoms with Gasteiger partial charge in [-0.2, -0.15) is 0 Å². The van der Waals surface area contributed by atoms with E-state index in [1.807, 2.05) is 30.3 Å². The van der Waals surface area contributed by atoms with Crippen LogP contribution in [-0.4, -0.2) is 41.6 Å². The molecule has 22 heavy (non-hydrogen) atoms. The van der Waals surface area contributed by atoms with Gasteiger partial charge in [0, 0.05) is 25.7 Å². The van der Waals surface area contributed by atoms with Crippen LogP contribution >= 0.6 is 0 Å². The van der Waals surface area contributed by atoms with Gasteiger partial charge in [-0.1, -0.05) is 30.3 Å². The number of rotatable bonds is 5. The molecule has 1 amide bonds. The molecule has 1 heterocycles. The zero-order valence-corrected chi connectivity index (χ0v) is 12.5. The van der Waals surface area contributed by atoms with Gasteiger partial charge in [-0.3, -0.25) is 9.59 Å². The first-order valence-corrected chi connectivity index (χ1v) is 7.73. The van der Waals surface area contributed by atoms with Crippen molar-refractivity contribution in [1.82, 2.24) is 4.90 Å². The van der Waals surface area contributed by atoms with Gasteiger partial charge in [0.25, 0.3) is 0 Å². The minimum atomic E-state index is -0.967. The molecule has 1 aromatic carbocycles. The van der Waals surface area contributed by atoms with Gasteiger partial charge in [0.1, 0.15) is 6.54 Å². The van der Waals surface area contributed by atoms with E-state index in [1.54, 1.807) is 0 Å². The van der Waals surface area contributed by atoms with E-state index in [4.69, 9.17) is 9.84 Å². The van der Waals surface area contributed by atoms with E-state index in [0.29, 0.717) is 19.8 Å². The SMILES string of the molecule is O=C(O)CN(Cc1ccccc1)C(=O)[C@@H]1CC12CCOCC2. The molecule has 2 aliphatic rings. The highest BCUT2D eigenvalue weighted by Crippen LogP contribution is 2.59. The van der Waals surface area contributed by atoms with Crippen molar-refractivity contribution in [3.63, 3.8) is 0 Å². The first kappa shape index (κ1) is 15.0. The third-order valence-electron chi connectivity index (χ3n) is 4.83. The van der Waals surface area contributed by atoms with Gasteiger partial charge in [0.15, 0.2) is 0 Å². The Morgan fingerprint density at radius 2 is 1.91 bits per heavy atom. The van der Waals surface area contributed by atoms with Crippen LogP contribution in [0.5, 0.6) is 0 Å². The summed E-state index contributed by atoms with van der Waals surface area (Å²) in [6, 6.07) is 9.54. The fourth-order valence-corrected chi connectivity index (χ4v) is 3.43. The van der Waals surface area contributed by atoms with Crippen LogP contribution in [0.15, 0.2) is 30.3 Å². The van der Waals surface area contributed by atoms with Crippen LogP contribution in [0.3, 0.4) is 0 Å². The maximum Gasteiger partial charge on any atom is 0.323 e. The average molecular weight is 303 g/mol. The molecule has 3 rings (SSSR count). The molecule has 1 aromatic rings. The van der Waals surface area contributed by atoms with Crippen molar-refractivity contribution < 1.29 is 19.4 Å². The number of aliphatic carboxylic acids is 1. The summed E-state index contributed by atoms with van der Waals surface area (Å²) in [5, 5.41) is 9.10. The summed E-state index contributed by atoms with van der Waals surface area (Å²) >= 11 is 0. The molecule has 1 saturated carbocycles. The van der Waals surface area contributed by atoms with Gasteiger partial charge in [-0.25, -0.2) is 0 Å². The van der Waals surface area contributed by atoms with Crippen LogP contribution in [0.1, 0.15) is 24.8 Å². The van der Waals surface area contributed by atoms with Crippen LogP contribution in [0.4, 0.5) is 0 Å². The highest BCUT2D eigenvalue weighted by molar-refractivity contribution is 5.86. The van der Waals surface area contributed by atoms with E-state index in [1.165, 1.54) is 4.90 Å². The number of amides is 1. The van der Waals surface area contributed by atoms with Crippen molar-refractivity contribution in [3.05, 3.63) is 35.9 Å². The molecule has 2 fully saturated rings. The Hall–Kier alpha value is -1.88. The molecule has 1 aliphatic heterocycles. The third-order valence-corrected chi connectivity index (χ3v) is 4.83. The average Bonchev–Trinajstić information content (AvgIpc) is 3.20. The number of carboxylic acid groups (broad SMARTS) is 1. The Kier molecular flexibility index (Phi) is 4.16. The van der Waals surface area contributed by atoms with Crippen LogP contribution in [-0.2, 0) is 20.9 Å². The Morgan fingerprint density at radius 1 is 1.23 bits per heavy atom. The molecule has 0 bridgehead atoms. The third kappa shape index (κ3) is 3.14. The van der Waals surface area contributed by atoms with Crippen molar-refractivity contribution in [2.75, 3.05) is 19.8 Å². The van der Waals surface area contributed by atoms with Gasteiger partial charge in [0.05, 0.1) is 0 Å². The minimum Gasteiger partial charge on any atom is -0.480 e. The second kappa shape index (κ2) is 6.08. The zero-order chi connectivity index (χ0) is 15.6. The van der Waals surface area contributed by atoms with E-state index >= 15 is 0 Å². The first-order valence-electron chi connectivity index (χ1n) is 7.73. The normalized spacial score (nSPS) is 22.3. The molecule has 0 radical (unpaired) electrons. The molecule has 1 N–H and O–H groups in total. The summed E-state index contributed by atoms with van der Waals surface area (Å²) in [7, 11) is 0. The van der Waals surface area contributed by atoms with Crippen LogP contribution < -0.4 is 0 Å². The molecule has 0 aromatic heterocycles. The lowest BCUT2D eigenvalue weighted by molar-refractivity contribution is -0.146. The fraction of sp³-hybridized carbons (Fsp3) is 0.529. The molecule has 1 aliphatic carbocycles. The minimum absolute atomic E-state index is 0.0202. The van der Waals surface area contributed by atoms with E-state index < -0.39 is 5.97 Å². The highest BCUT2D eigenvalue weighted by Gasteiger charge is 2.58. The number of carboxylic acids is 1. The molecule has 118 valence electrons. The smallest absolute Gasteiger partial charge is 0.323 e. The second-order valence-corrected chi connectivity index (χ2v) is 6.31. The topological polar surface area (TPSA) is 66.8 Å². The molecular weight excluding hydrogens is 282 g/mol. The van der Waals surface area contributed by atoms with Crippen LogP contribution in [0.25, 0.3) is 0 Å². The first-order chi connectivity index (χ1) is 10.6. The molecule has 5 nitrogen and oxygen atoms in total. The Balaban J connectivity index is 1.69. The summed E-state index contributed by atoms with van der Waals surface area (Å²) in [6.45, 7) is 1.54. The maximum atomic E-state index is 12.7. The number of hydrogen-bond acceptors (Lipinski definition) is 3. The number of nitrogens with zero attached hydrogens (tertiary/aromatic N) is 1. The zero-order valence-electron chi connectivity index (χ0n) is 12.5. The van der Waals surface area contributed by atoms with Crippen LogP contribution in [0, 0.1) is 11.3 Å². The van der Waals surface area contributed by atoms with Crippen molar-refractivity contribution >= 4 is 11.9 Å². The molecule has 0 unspecified atom stereocenters. The lowest BCUT2D eigenvalue weighted by atomic mass is 9.93. The lowest BCUT2D eigenvalue weighted by Gasteiger charge is -2.26. The number of hydrogen-bond donors (Lipinski definition) is 1. The summed E-state index contributed by atoms with van der Waals surface area (Å²) in [5.74, 6) is -1.02. The standard InChI is InChI=1S/C17H21NO4/c19-15(20)12-18(11-13-4-2-1-3-5-13)16(21)14-10-17(14)6-8-22-9-7-17/h1-5,14H,6-12H2,(H,19,20)/t14-/m0/s1. The highest BCUT2D eigenvalue weighted by atomic mass is 16.5. The van der Waals surface area contributed by atoms with Gasteiger partial charge in [-0.15, -0.1) is 0 Å². The quantitative estimate of drug-likeness (QED) is 0.902. The van der Waals surface area contributed by atoms with Crippen LogP contribution in [0.2, 0.25) is 0 Å². The number of carbonyl (C=O) groups excluding carboxylic acids is 1. The summed E-state index contributed by atoms with van der Waals surface area (Å²) < 4.78 is 5.37. The molecule has 5 heteroatoms. The predicted octanol–water partition coefficient (Wildman–Crippen LogP) is 1.92. The van der Waals surface area contributed by atoms with Crippen molar-refractivity contribution in [2.45, 2.75) is 25.8 Å². The van der Waals surface area contributed by atoms with Gasteiger partial charge in [-0.05, 0) is 30.2 Å². The molecule has 1 saturated heterocycles. The summed E-state index contributed by atoms with van der Waals surface area (Å²) in [4.78, 5) is 25.3. The van der Waals surface area contributed by atoms with Crippen molar-refractivity contribution in [1.29, 1.82) is 0 Å². The van der Waals surface area contributed by atoms with E-state index in [2.05, 4.69) is 0 Å². The van der Waals surface area contributed by atoms with E-state index in [-0.39, 0.29) is 23.8 Å². The summed E-state index contributed by atoms with van der Waals surface area (Å²) in [5.41, 5.74) is 1.03. The number of carbonyl (C=O) groups is 2. The summed E-state index contributed by atoms with van der Waals surface area (Å²) in [6.07, 6.45) is 2.70.